The zero-order valence-electron chi connectivity index (χ0n) is 11.7. The van der Waals surface area contributed by atoms with Crippen LogP contribution >= 0.6 is 0 Å². The number of ketones is 1. The molecular formula is C13H27N2O3+. The molecule has 0 aliphatic heterocycles. The molecule has 0 saturated carbocycles. The molecule has 0 rings (SSSR count). The van der Waals surface area contributed by atoms with E-state index in [0.29, 0.717) is 6.61 Å². The average molecular weight is 259 g/mol. The lowest BCUT2D eigenvalue weighted by atomic mass is 10.1. The van der Waals surface area contributed by atoms with Crippen LogP contribution in [0.25, 0.3) is 0 Å². The molecule has 0 aromatic heterocycles. The molecule has 0 spiro atoms. The highest BCUT2D eigenvalue weighted by atomic mass is 16.5. The van der Waals surface area contributed by atoms with E-state index in [1.807, 2.05) is 0 Å². The van der Waals surface area contributed by atoms with E-state index in [1.54, 1.807) is 7.05 Å². The molecule has 0 fully saturated rings. The van der Waals surface area contributed by atoms with E-state index in [9.17, 15) is 9.59 Å². The fraction of sp³-hybridized carbons (Fsp3) is 0.846. The van der Waals surface area contributed by atoms with Crippen molar-refractivity contribution in [1.29, 1.82) is 0 Å². The minimum absolute atomic E-state index is 0.212. The van der Waals surface area contributed by atoms with Gasteiger partial charge in [-0.3, -0.25) is 4.79 Å². The third kappa shape index (κ3) is 8.20. The smallest absolute Gasteiger partial charge is 0.330 e. The Hall–Kier alpha value is -0.940. The predicted octanol–water partition coefficient (Wildman–Crippen LogP) is 0.289. The SMILES string of the molecule is CN[C@@H](C(C)=O)C(=O)OCCCCCCCC[NH3+]. The van der Waals surface area contributed by atoms with Crippen molar-refractivity contribution >= 4 is 11.8 Å². The molecule has 0 bridgehead atoms. The molecule has 106 valence electrons. The molecule has 18 heavy (non-hydrogen) atoms. The summed E-state index contributed by atoms with van der Waals surface area (Å²) in [5.41, 5.74) is 3.80. The first kappa shape index (κ1) is 17.1. The van der Waals surface area contributed by atoms with Gasteiger partial charge < -0.3 is 15.8 Å². The Balaban J connectivity index is 3.48. The Morgan fingerprint density at radius 1 is 1.11 bits per heavy atom. The van der Waals surface area contributed by atoms with Crippen molar-refractivity contribution < 1.29 is 20.1 Å². The number of likely N-dealkylation sites (N-methyl/N-ethyl adjacent to an activating group) is 1. The number of carbonyl (C=O) groups is 2. The van der Waals surface area contributed by atoms with E-state index in [1.165, 1.54) is 32.6 Å². The molecule has 0 radical (unpaired) electrons. The highest BCUT2D eigenvalue weighted by Crippen LogP contribution is 2.05. The van der Waals surface area contributed by atoms with Crippen molar-refractivity contribution in [2.24, 2.45) is 0 Å². The van der Waals surface area contributed by atoms with Crippen LogP contribution in [0.1, 0.15) is 45.4 Å². The van der Waals surface area contributed by atoms with Gasteiger partial charge in [0.1, 0.15) is 0 Å². The Kier molecular flexibility index (Phi) is 10.6. The number of hydrogen-bond acceptors (Lipinski definition) is 4. The molecule has 5 heteroatoms. The van der Waals surface area contributed by atoms with E-state index in [4.69, 9.17) is 4.74 Å². The first-order chi connectivity index (χ1) is 8.63. The molecule has 0 aliphatic rings. The second-order valence-corrected chi connectivity index (χ2v) is 4.47. The first-order valence-corrected chi connectivity index (χ1v) is 6.77. The van der Waals surface area contributed by atoms with Crippen LogP contribution in [-0.2, 0) is 14.3 Å². The maximum atomic E-state index is 11.5. The van der Waals surface area contributed by atoms with Crippen LogP contribution in [-0.4, -0.2) is 38.0 Å². The molecule has 4 N–H and O–H groups in total. The van der Waals surface area contributed by atoms with Gasteiger partial charge in [0.15, 0.2) is 11.8 Å². The molecule has 0 unspecified atom stereocenters. The van der Waals surface area contributed by atoms with Crippen LogP contribution in [0, 0.1) is 0 Å². The van der Waals surface area contributed by atoms with Gasteiger partial charge in [0.25, 0.3) is 0 Å². The molecular weight excluding hydrogens is 232 g/mol. The van der Waals surface area contributed by atoms with E-state index in [0.717, 1.165) is 19.4 Å². The lowest BCUT2D eigenvalue weighted by Gasteiger charge is -2.11. The van der Waals surface area contributed by atoms with Gasteiger partial charge in [-0.15, -0.1) is 0 Å². The Bertz CT molecular complexity index is 244. The van der Waals surface area contributed by atoms with Gasteiger partial charge in [-0.2, -0.15) is 0 Å². The third-order valence-corrected chi connectivity index (χ3v) is 2.82. The third-order valence-electron chi connectivity index (χ3n) is 2.82. The first-order valence-electron chi connectivity index (χ1n) is 6.77. The van der Waals surface area contributed by atoms with Crippen LogP contribution in [0.15, 0.2) is 0 Å². The molecule has 0 aliphatic carbocycles. The number of ether oxygens (including phenoxy) is 1. The summed E-state index contributed by atoms with van der Waals surface area (Å²) >= 11 is 0. The summed E-state index contributed by atoms with van der Waals surface area (Å²) in [6, 6.07) is -0.818. The summed E-state index contributed by atoms with van der Waals surface area (Å²) in [5.74, 6) is -0.683. The number of unbranched alkanes of at least 4 members (excludes halogenated alkanes) is 5. The summed E-state index contributed by atoms with van der Waals surface area (Å²) in [4.78, 5) is 22.6. The predicted molar refractivity (Wildman–Crippen MR) is 69.9 cm³/mol. The van der Waals surface area contributed by atoms with Crippen molar-refractivity contribution in [3.63, 3.8) is 0 Å². The lowest BCUT2D eigenvalue weighted by Crippen LogP contribution is -2.50. The largest absolute Gasteiger partial charge is 0.464 e. The zero-order chi connectivity index (χ0) is 13.8. The number of nitrogens with one attached hydrogen (secondary N) is 1. The molecule has 0 heterocycles. The highest BCUT2D eigenvalue weighted by Gasteiger charge is 2.22. The van der Waals surface area contributed by atoms with Crippen LogP contribution in [0.5, 0.6) is 0 Å². The van der Waals surface area contributed by atoms with Crippen molar-refractivity contribution in [3.8, 4) is 0 Å². The molecule has 0 aromatic carbocycles. The molecule has 0 saturated heterocycles. The van der Waals surface area contributed by atoms with Crippen molar-refractivity contribution in [2.45, 2.75) is 51.5 Å². The minimum Gasteiger partial charge on any atom is -0.464 e. The molecule has 0 aromatic rings. The van der Waals surface area contributed by atoms with Crippen molar-refractivity contribution in [3.05, 3.63) is 0 Å². The van der Waals surface area contributed by atoms with E-state index < -0.39 is 12.0 Å². The van der Waals surface area contributed by atoms with Gasteiger partial charge in [0.05, 0.1) is 13.2 Å². The number of rotatable bonds is 11. The zero-order valence-corrected chi connectivity index (χ0v) is 11.7. The number of carbonyl (C=O) groups excluding carboxylic acids is 2. The van der Waals surface area contributed by atoms with E-state index in [2.05, 4.69) is 11.1 Å². The quantitative estimate of drug-likeness (QED) is 0.317. The van der Waals surface area contributed by atoms with Gasteiger partial charge in [0, 0.05) is 0 Å². The molecule has 5 nitrogen and oxygen atoms in total. The van der Waals surface area contributed by atoms with Crippen LogP contribution in [0.3, 0.4) is 0 Å². The summed E-state index contributed by atoms with van der Waals surface area (Å²) in [6.07, 6.45) is 6.74. The van der Waals surface area contributed by atoms with Crippen LogP contribution in [0.4, 0.5) is 0 Å². The van der Waals surface area contributed by atoms with Crippen LogP contribution < -0.4 is 11.1 Å². The second-order valence-electron chi connectivity index (χ2n) is 4.47. The van der Waals surface area contributed by atoms with E-state index >= 15 is 0 Å². The Labute approximate surface area is 109 Å². The summed E-state index contributed by atoms with van der Waals surface area (Å²) < 4.78 is 5.05. The monoisotopic (exact) mass is 259 g/mol. The topological polar surface area (TPSA) is 83.0 Å². The summed E-state index contributed by atoms with van der Waals surface area (Å²) in [7, 11) is 1.58. The maximum Gasteiger partial charge on any atom is 0.330 e. The molecule has 0 amide bonds. The van der Waals surface area contributed by atoms with Gasteiger partial charge in [-0.25, -0.2) is 4.79 Å². The van der Waals surface area contributed by atoms with E-state index in [-0.39, 0.29) is 5.78 Å². The lowest BCUT2D eigenvalue weighted by molar-refractivity contribution is -0.368. The Morgan fingerprint density at radius 3 is 2.17 bits per heavy atom. The van der Waals surface area contributed by atoms with Gasteiger partial charge >= 0.3 is 5.97 Å². The normalized spacial score (nSPS) is 12.2. The fourth-order valence-corrected chi connectivity index (χ4v) is 1.73. The van der Waals surface area contributed by atoms with Gasteiger partial charge in [-0.1, -0.05) is 19.3 Å². The summed E-state index contributed by atoms with van der Waals surface area (Å²) in [6.45, 7) is 2.79. The van der Waals surface area contributed by atoms with Gasteiger partial charge in [0.2, 0.25) is 0 Å². The number of Topliss-reactive ketones (excluding diaryl/α,β-unsaturated/α-hetero) is 1. The maximum absolute atomic E-state index is 11.5. The average Bonchev–Trinajstić information content (AvgIpc) is 2.33. The molecule has 1 atom stereocenters. The van der Waals surface area contributed by atoms with Crippen LogP contribution in [0.2, 0.25) is 0 Å². The second kappa shape index (κ2) is 11.2. The Morgan fingerprint density at radius 2 is 1.67 bits per heavy atom. The number of hydrogen-bond donors (Lipinski definition) is 2. The number of esters is 1. The highest BCUT2D eigenvalue weighted by molar-refractivity contribution is 6.01. The van der Waals surface area contributed by atoms with Gasteiger partial charge in [-0.05, 0) is 33.2 Å². The minimum atomic E-state index is -0.818. The number of quaternary nitrogens is 1. The van der Waals surface area contributed by atoms with Crippen molar-refractivity contribution in [1.82, 2.24) is 5.32 Å². The fourth-order valence-electron chi connectivity index (χ4n) is 1.73. The van der Waals surface area contributed by atoms with Crippen molar-refractivity contribution in [2.75, 3.05) is 20.2 Å². The summed E-state index contributed by atoms with van der Waals surface area (Å²) in [5, 5.41) is 2.65. The standard InChI is InChI=1S/C13H26N2O3/c1-11(16)12(15-2)13(17)18-10-8-6-4-3-5-7-9-14/h12,15H,3-10,14H2,1-2H3/p+1/t12-/m0/s1.